The molecule has 0 fully saturated rings. The molecule has 1 aliphatic rings. The summed E-state index contributed by atoms with van der Waals surface area (Å²) in [6, 6.07) is 11.1. The minimum atomic E-state index is -0.439. The topological polar surface area (TPSA) is 109 Å². The second-order valence-corrected chi connectivity index (χ2v) is 11.7. The van der Waals surface area contributed by atoms with E-state index in [9.17, 15) is 9.59 Å². The normalized spacial score (nSPS) is 12.3. The van der Waals surface area contributed by atoms with E-state index in [1.165, 1.54) is 18.4 Å². The molecule has 0 amide bonds. The van der Waals surface area contributed by atoms with E-state index in [1.54, 1.807) is 29.3 Å². The van der Waals surface area contributed by atoms with E-state index >= 15 is 0 Å². The number of fused-ring (bicyclic) bond motifs is 2. The number of carbonyl (C=O) groups is 1. The summed E-state index contributed by atoms with van der Waals surface area (Å²) in [6.45, 7) is 9.45. The van der Waals surface area contributed by atoms with Gasteiger partial charge in [0.15, 0.2) is 0 Å². The number of hydrogen-bond acceptors (Lipinski definition) is 10. The maximum absolute atomic E-state index is 13.7. The molecule has 5 heterocycles. The van der Waals surface area contributed by atoms with Crippen molar-refractivity contribution >= 4 is 44.8 Å². The number of aromatic nitrogens is 4. The number of esters is 1. The molecule has 0 saturated carbocycles. The number of nitrogens with zero attached hydrogens (tertiary/aromatic N) is 5. The summed E-state index contributed by atoms with van der Waals surface area (Å²) in [5, 5.41) is 2.30. The Hall–Kier alpha value is -4.48. The second-order valence-electron chi connectivity index (χ2n) is 10.4. The monoisotopic (exact) mass is 661 g/mol. The average Bonchev–Trinajstić information content (AvgIpc) is 3.50. The first-order valence-electron chi connectivity index (χ1n) is 15.0. The van der Waals surface area contributed by atoms with E-state index in [0.29, 0.717) is 58.6 Å². The fourth-order valence-electron chi connectivity index (χ4n) is 5.50. The third-order valence-electron chi connectivity index (χ3n) is 7.66. The average molecular weight is 662 g/mol. The summed E-state index contributed by atoms with van der Waals surface area (Å²) in [5.74, 6) is 1.33. The molecule has 6 rings (SSSR count). The molecule has 0 unspecified atom stereocenters. The summed E-state index contributed by atoms with van der Waals surface area (Å²) in [7, 11) is 2.94. The van der Waals surface area contributed by atoms with Gasteiger partial charge in [0.2, 0.25) is 5.88 Å². The van der Waals surface area contributed by atoms with Crippen molar-refractivity contribution < 1.29 is 19.0 Å². The lowest BCUT2D eigenvalue weighted by molar-refractivity contribution is 0.0603. The van der Waals surface area contributed by atoms with Crippen LogP contribution in [0.3, 0.4) is 0 Å². The highest BCUT2D eigenvalue weighted by molar-refractivity contribution is 7.18. The minimum Gasteiger partial charge on any atom is -0.491 e. The fourth-order valence-corrected chi connectivity index (χ4v) is 6.68. The highest BCUT2D eigenvalue weighted by Crippen LogP contribution is 2.40. The molecule has 10 nitrogen and oxygen atoms in total. The van der Waals surface area contributed by atoms with Crippen LogP contribution in [-0.2, 0) is 24.2 Å². The number of halogens is 1. The molecule has 0 saturated heterocycles. The van der Waals surface area contributed by atoms with Crippen LogP contribution < -0.4 is 19.9 Å². The SMILES string of the molecule is CC.COC(=O)c1csc2c(-c3cc(Cl)ccc3OCCn3c(C)nc4c(c3=O)CN(c3ccnc(OC)c3)CC4)cc(C)nc12. The van der Waals surface area contributed by atoms with Crippen molar-refractivity contribution in [3.8, 4) is 22.8 Å². The fraction of sp³-hybridized carbons (Fsp3) is 0.324. The molecule has 12 heteroatoms. The van der Waals surface area contributed by atoms with Crippen LogP contribution in [0.15, 0.2) is 52.8 Å². The van der Waals surface area contributed by atoms with Gasteiger partial charge in [-0.15, -0.1) is 11.3 Å². The number of hydrogen-bond donors (Lipinski definition) is 0. The third-order valence-corrected chi connectivity index (χ3v) is 8.90. The Morgan fingerprint density at radius 2 is 1.87 bits per heavy atom. The van der Waals surface area contributed by atoms with Gasteiger partial charge in [0.25, 0.3) is 5.56 Å². The van der Waals surface area contributed by atoms with Crippen LogP contribution in [0.5, 0.6) is 11.6 Å². The lowest BCUT2D eigenvalue weighted by Gasteiger charge is -2.30. The van der Waals surface area contributed by atoms with Gasteiger partial charge in [0.1, 0.15) is 18.2 Å². The standard InChI is InChI=1S/C32H30ClN5O5S.C2H6/c1-18-13-23(30-29(35-18)25(17-44-30)32(40)42-4)22-14-20(33)5-6-27(22)43-12-11-38-19(2)36-26-8-10-37(16-24(26)31(38)39)21-7-9-34-28(15-21)41-3;1-2/h5-7,9,13-15,17H,8,10-12,16H2,1-4H3;1-2H3. The number of aryl methyl sites for hydroxylation is 2. The van der Waals surface area contributed by atoms with Crippen LogP contribution in [0.25, 0.3) is 21.3 Å². The summed E-state index contributed by atoms with van der Waals surface area (Å²) in [4.78, 5) is 41.8. The first-order chi connectivity index (χ1) is 22.3. The first-order valence-corrected chi connectivity index (χ1v) is 16.3. The Morgan fingerprint density at radius 3 is 2.63 bits per heavy atom. The smallest absolute Gasteiger partial charge is 0.340 e. The van der Waals surface area contributed by atoms with Crippen LogP contribution in [0.2, 0.25) is 5.02 Å². The van der Waals surface area contributed by atoms with Crippen LogP contribution in [0.1, 0.15) is 47.0 Å². The molecule has 1 aliphatic heterocycles. The van der Waals surface area contributed by atoms with E-state index in [2.05, 4.69) is 14.9 Å². The second kappa shape index (κ2) is 14.3. The zero-order chi connectivity index (χ0) is 33.0. The van der Waals surface area contributed by atoms with Gasteiger partial charge in [-0.25, -0.2) is 14.8 Å². The van der Waals surface area contributed by atoms with E-state index in [4.69, 9.17) is 30.8 Å². The molecule has 1 aromatic carbocycles. The van der Waals surface area contributed by atoms with Gasteiger partial charge in [0.05, 0.1) is 54.3 Å². The van der Waals surface area contributed by atoms with Gasteiger partial charge in [0, 0.05) is 58.1 Å². The number of benzene rings is 1. The highest BCUT2D eigenvalue weighted by Gasteiger charge is 2.24. The van der Waals surface area contributed by atoms with Crippen molar-refractivity contribution in [3.05, 3.63) is 91.7 Å². The summed E-state index contributed by atoms with van der Waals surface area (Å²) >= 11 is 7.85. The van der Waals surface area contributed by atoms with Gasteiger partial charge in [-0.1, -0.05) is 25.4 Å². The van der Waals surface area contributed by atoms with Crippen molar-refractivity contribution in [3.63, 3.8) is 0 Å². The number of anilines is 1. The largest absolute Gasteiger partial charge is 0.491 e. The molecule has 5 aromatic rings. The maximum Gasteiger partial charge on any atom is 0.340 e. The summed E-state index contributed by atoms with van der Waals surface area (Å²) in [5.41, 5.74) is 5.73. The number of rotatable bonds is 8. The van der Waals surface area contributed by atoms with Crippen LogP contribution in [0.4, 0.5) is 5.69 Å². The Morgan fingerprint density at radius 1 is 1.07 bits per heavy atom. The van der Waals surface area contributed by atoms with Crippen molar-refractivity contribution in [2.24, 2.45) is 0 Å². The zero-order valence-corrected chi connectivity index (χ0v) is 28.3. The molecule has 0 atom stereocenters. The van der Waals surface area contributed by atoms with Crippen LogP contribution in [0, 0.1) is 13.8 Å². The van der Waals surface area contributed by atoms with Crippen LogP contribution >= 0.6 is 22.9 Å². The molecule has 0 N–H and O–H groups in total. The van der Waals surface area contributed by atoms with Crippen molar-refractivity contribution in [1.29, 1.82) is 0 Å². The van der Waals surface area contributed by atoms with Gasteiger partial charge in [-0.05, 0) is 44.2 Å². The predicted octanol–water partition coefficient (Wildman–Crippen LogP) is 6.65. The van der Waals surface area contributed by atoms with E-state index < -0.39 is 5.97 Å². The highest BCUT2D eigenvalue weighted by atomic mass is 35.5. The molecule has 4 aromatic heterocycles. The molecular weight excluding hydrogens is 626 g/mol. The quantitative estimate of drug-likeness (QED) is 0.169. The molecule has 0 aliphatic carbocycles. The number of methoxy groups -OCH3 is 2. The van der Waals surface area contributed by atoms with E-state index in [-0.39, 0.29) is 12.2 Å². The minimum absolute atomic E-state index is 0.0708. The van der Waals surface area contributed by atoms with Crippen molar-refractivity contribution in [1.82, 2.24) is 19.5 Å². The lowest BCUT2D eigenvalue weighted by Crippen LogP contribution is -2.39. The van der Waals surface area contributed by atoms with E-state index in [1.807, 2.05) is 58.0 Å². The number of pyridine rings is 2. The maximum atomic E-state index is 13.7. The van der Waals surface area contributed by atoms with Gasteiger partial charge >= 0.3 is 5.97 Å². The zero-order valence-electron chi connectivity index (χ0n) is 26.7. The molecule has 46 heavy (non-hydrogen) atoms. The summed E-state index contributed by atoms with van der Waals surface area (Å²) < 4.78 is 19.0. The Labute approximate surface area is 276 Å². The first kappa shape index (κ1) is 32.9. The molecule has 0 bridgehead atoms. The predicted molar refractivity (Wildman–Crippen MR) is 182 cm³/mol. The Bertz CT molecular complexity index is 1960. The van der Waals surface area contributed by atoms with Crippen LogP contribution in [-0.4, -0.2) is 52.9 Å². The van der Waals surface area contributed by atoms with Crippen molar-refractivity contribution in [2.45, 2.75) is 47.2 Å². The molecule has 240 valence electrons. The van der Waals surface area contributed by atoms with Gasteiger partial charge < -0.3 is 19.1 Å². The number of ether oxygens (including phenoxy) is 3. The number of thiophene rings is 1. The molecule has 0 spiro atoms. The molecular formula is C34H36ClN5O5S. The summed E-state index contributed by atoms with van der Waals surface area (Å²) in [6.07, 6.45) is 2.37. The Balaban J connectivity index is 0.00000204. The van der Waals surface area contributed by atoms with E-state index in [0.717, 1.165) is 39.4 Å². The third kappa shape index (κ3) is 6.56. The lowest BCUT2D eigenvalue weighted by atomic mass is 10.0. The van der Waals surface area contributed by atoms with Gasteiger partial charge in [-0.3, -0.25) is 14.3 Å². The van der Waals surface area contributed by atoms with Gasteiger partial charge in [-0.2, -0.15) is 0 Å². The number of carbonyl (C=O) groups excluding carboxylic acids is 1. The Kier molecular flexibility index (Phi) is 10.2. The molecule has 0 radical (unpaired) electrons. The van der Waals surface area contributed by atoms with Crippen molar-refractivity contribution in [2.75, 3.05) is 32.3 Å².